The third-order valence-corrected chi connectivity index (χ3v) is 8.70. The van der Waals surface area contributed by atoms with Gasteiger partial charge in [-0.3, -0.25) is 14.4 Å². The Labute approximate surface area is 238 Å². The van der Waals surface area contributed by atoms with Gasteiger partial charge in [0, 0.05) is 24.0 Å². The van der Waals surface area contributed by atoms with Crippen LogP contribution in [0.15, 0.2) is 24.3 Å². The zero-order valence-electron chi connectivity index (χ0n) is 23.0. The first kappa shape index (κ1) is 31.4. The second kappa shape index (κ2) is 15.6. The van der Waals surface area contributed by atoms with Gasteiger partial charge in [-0.2, -0.15) is 11.8 Å². The second-order valence-corrected chi connectivity index (χ2v) is 11.9. The van der Waals surface area contributed by atoms with E-state index in [0.29, 0.717) is 43.8 Å². The number of amides is 5. The van der Waals surface area contributed by atoms with Gasteiger partial charge in [0.25, 0.3) is 5.91 Å². The van der Waals surface area contributed by atoms with Crippen LogP contribution in [0.1, 0.15) is 69.2 Å². The third-order valence-electron chi connectivity index (χ3n) is 7.19. The van der Waals surface area contributed by atoms with E-state index >= 15 is 0 Å². The van der Waals surface area contributed by atoms with Crippen LogP contribution in [0.2, 0.25) is 0 Å². The molecule has 2 aliphatic heterocycles. The van der Waals surface area contributed by atoms with Gasteiger partial charge >= 0.3 is 6.03 Å². The normalized spacial score (nSPS) is 21.1. The number of carbonyl (C=O) groups is 5. The number of rotatable bonds is 16. The van der Waals surface area contributed by atoms with Crippen LogP contribution >= 0.6 is 11.8 Å². The minimum Gasteiger partial charge on any atom is -0.356 e. The number of aldehydes is 1. The molecular formula is C28H40FN5O5S. The summed E-state index contributed by atoms with van der Waals surface area (Å²) in [6.45, 7) is 3.98. The first-order valence-electron chi connectivity index (χ1n) is 14.0. The predicted molar refractivity (Wildman–Crippen MR) is 151 cm³/mol. The minimum atomic E-state index is -0.934. The fourth-order valence-corrected chi connectivity index (χ4v) is 6.47. The molecule has 0 aromatic heterocycles. The number of hydrogen-bond donors (Lipinski definition) is 5. The average molecular weight is 578 g/mol. The Morgan fingerprint density at radius 1 is 1.10 bits per heavy atom. The largest absolute Gasteiger partial charge is 0.356 e. The molecule has 2 aliphatic rings. The molecule has 2 saturated heterocycles. The van der Waals surface area contributed by atoms with Crippen molar-refractivity contribution in [1.29, 1.82) is 0 Å². The molecule has 3 rings (SSSR count). The van der Waals surface area contributed by atoms with Crippen molar-refractivity contribution in [3.05, 3.63) is 35.6 Å². The van der Waals surface area contributed by atoms with E-state index in [4.69, 9.17) is 0 Å². The number of hydrogen-bond acceptors (Lipinski definition) is 6. The minimum absolute atomic E-state index is 0.0154. The van der Waals surface area contributed by atoms with Crippen molar-refractivity contribution >= 4 is 41.8 Å². The van der Waals surface area contributed by atoms with Gasteiger partial charge in [0.2, 0.25) is 11.8 Å². The highest BCUT2D eigenvalue weighted by Gasteiger charge is 2.42. The van der Waals surface area contributed by atoms with E-state index in [9.17, 15) is 28.4 Å². The number of carbonyl (C=O) groups excluding carboxylic acids is 5. The molecule has 5 amide bonds. The first-order chi connectivity index (χ1) is 19.2. The summed E-state index contributed by atoms with van der Waals surface area (Å²) >= 11 is 1.87. The van der Waals surface area contributed by atoms with Crippen LogP contribution < -0.4 is 26.6 Å². The molecule has 220 valence electrons. The Bertz CT molecular complexity index is 1060. The average Bonchev–Trinajstić information content (AvgIpc) is 3.47. The van der Waals surface area contributed by atoms with E-state index < -0.39 is 29.7 Å². The summed E-state index contributed by atoms with van der Waals surface area (Å²) in [7, 11) is 0. The molecule has 2 heterocycles. The van der Waals surface area contributed by atoms with Crippen molar-refractivity contribution in [3.63, 3.8) is 0 Å². The van der Waals surface area contributed by atoms with Crippen molar-refractivity contribution in [2.45, 2.75) is 88.2 Å². The zero-order chi connectivity index (χ0) is 29.1. The lowest BCUT2D eigenvalue weighted by Gasteiger charge is -2.23. The molecule has 5 N–H and O–H groups in total. The van der Waals surface area contributed by atoms with Crippen molar-refractivity contribution < 1.29 is 28.4 Å². The van der Waals surface area contributed by atoms with Crippen LogP contribution in [0.4, 0.5) is 9.18 Å². The topological polar surface area (TPSA) is 146 Å². The molecule has 0 spiro atoms. The maximum Gasteiger partial charge on any atom is 0.315 e. The summed E-state index contributed by atoms with van der Waals surface area (Å²) < 4.78 is 13.9. The summed E-state index contributed by atoms with van der Waals surface area (Å²) in [6, 6.07) is 4.15. The SMILES string of the molecule is CC(C)[C@H](NC(=O)c1ccccc1F)C(=O)N[C@H](C=O)CCCCNC(=O)CCCC[C@@H]1SC[C@@H]2NC(=O)N[C@@H]21. The number of halogens is 1. The molecule has 12 heteroatoms. The van der Waals surface area contributed by atoms with Crippen LogP contribution in [0.25, 0.3) is 0 Å². The number of thioether (sulfide) groups is 1. The van der Waals surface area contributed by atoms with Crippen LogP contribution in [0, 0.1) is 11.7 Å². The number of unbranched alkanes of at least 4 members (excludes halogenated alkanes) is 2. The van der Waals surface area contributed by atoms with E-state index in [2.05, 4.69) is 26.6 Å². The van der Waals surface area contributed by atoms with Crippen molar-refractivity contribution in [2.75, 3.05) is 12.3 Å². The highest BCUT2D eigenvalue weighted by molar-refractivity contribution is 8.00. The maximum atomic E-state index is 13.9. The molecule has 1 aromatic rings. The molecule has 0 aliphatic carbocycles. The molecular weight excluding hydrogens is 537 g/mol. The molecule has 2 fully saturated rings. The molecule has 0 unspecified atom stereocenters. The van der Waals surface area contributed by atoms with Crippen LogP contribution in [0.3, 0.4) is 0 Å². The van der Waals surface area contributed by atoms with E-state index in [1.165, 1.54) is 24.3 Å². The highest BCUT2D eigenvalue weighted by atomic mass is 32.2. The fraction of sp³-hybridized carbons (Fsp3) is 0.607. The van der Waals surface area contributed by atoms with Crippen molar-refractivity contribution in [1.82, 2.24) is 26.6 Å². The number of benzene rings is 1. The van der Waals surface area contributed by atoms with Crippen LogP contribution in [-0.2, 0) is 14.4 Å². The quantitative estimate of drug-likeness (QED) is 0.116. The molecule has 40 heavy (non-hydrogen) atoms. The Balaban J connectivity index is 1.28. The first-order valence-corrected chi connectivity index (χ1v) is 15.0. The van der Waals surface area contributed by atoms with Gasteiger partial charge in [0.05, 0.1) is 23.7 Å². The smallest absolute Gasteiger partial charge is 0.315 e. The Kier molecular flexibility index (Phi) is 12.2. The van der Waals surface area contributed by atoms with Crippen LogP contribution in [-0.4, -0.2) is 71.8 Å². The number of fused-ring (bicyclic) bond motifs is 1. The molecule has 0 bridgehead atoms. The summed E-state index contributed by atoms with van der Waals surface area (Å²) in [5.74, 6) is -1.27. The van der Waals surface area contributed by atoms with Gasteiger partial charge in [0.1, 0.15) is 18.1 Å². The Hall–Kier alpha value is -3.15. The van der Waals surface area contributed by atoms with Gasteiger partial charge in [-0.1, -0.05) is 32.4 Å². The van der Waals surface area contributed by atoms with Gasteiger partial charge in [-0.15, -0.1) is 0 Å². The molecule has 1 aromatic carbocycles. The predicted octanol–water partition coefficient (Wildman–Crippen LogP) is 2.28. The fourth-order valence-electron chi connectivity index (χ4n) is 4.93. The molecule has 10 nitrogen and oxygen atoms in total. The van der Waals surface area contributed by atoms with Gasteiger partial charge in [0.15, 0.2) is 0 Å². The summed E-state index contributed by atoms with van der Waals surface area (Å²) in [4.78, 5) is 60.5. The molecule has 5 atom stereocenters. The maximum absolute atomic E-state index is 13.9. The van der Waals surface area contributed by atoms with E-state index in [0.717, 1.165) is 25.0 Å². The van der Waals surface area contributed by atoms with Crippen molar-refractivity contribution in [2.24, 2.45) is 5.92 Å². The van der Waals surface area contributed by atoms with Gasteiger partial charge in [-0.05, 0) is 50.2 Å². The van der Waals surface area contributed by atoms with E-state index in [1.807, 2.05) is 11.8 Å². The third kappa shape index (κ3) is 9.21. The van der Waals surface area contributed by atoms with Crippen LogP contribution in [0.5, 0.6) is 0 Å². The summed E-state index contributed by atoms with van der Waals surface area (Å²) in [6.07, 6.45) is 5.42. The monoisotopic (exact) mass is 577 g/mol. The summed E-state index contributed by atoms with van der Waals surface area (Å²) in [5, 5.41) is 14.4. The van der Waals surface area contributed by atoms with E-state index in [1.54, 1.807) is 13.8 Å². The lowest BCUT2D eigenvalue weighted by atomic mass is 10.0. The Morgan fingerprint density at radius 3 is 2.60 bits per heavy atom. The van der Waals surface area contributed by atoms with E-state index in [-0.39, 0.29) is 35.5 Å². The lowest BCUT2D eigenvalue weighted by molar-refractivity contribution is -0.126. The second-order valence-electron chi connectivity index (χ2n) is 10.6. The number of urea groups is 1. The zero-order valence-corrected chi connectivity index (χ0v) is 23.9. The standard InChI is InChI=1S/C28H40FN5O5S/c1-17(2)24(33-26(37)19-10-3-4-11-20(19)29)27(38)31-18(15-35)9-7-8-14-30-23(36)13-6-5-12-22-25-21(16-40-22)32-28(39)34-25/h3-4,10-11,15,17-18,21-22,24-25H,5-9,12-14,16H2,1-2H3,(H,30,36)(H,31,38)(H,33,37)(H2,32,34,39)/t18-,21-,22-,24-,25-/m0/s1. The molecule has 0 radical (unpaired) electrons. The Morgan fingerprint density at radius 2 is 1.88 bits per heavy atom. The lowest BCUT2D eigenvalue weighted by Crippen LogP contribution is -2.52. The molecule has 0 saturated carbocycles. The number of nitrogens with one attached hydrogen (secondary N) is 5. The highest BCUT2D eigenvalue weighted by Crippen LogP contribution is 2.33. The van der Waals surface area contributed by atoms with Crippen molar-refractivity contribution in [3.8, 4) is 0 Å². The van der Waals surface area contributed by atoms with Gasteiger partial charge in [-0.25, -0.2) is 9.18 Å². The summed E-state index contributed by atoms with van der Waals surface area (Å²) in [5.41, 5.74) is -0.155. The van der Waals surface area contributed by atoms with Gasteiger partial charge < -0.3 is 31.4 Å².